The van der Waals surface area contributed by atoms with Gasteiger partial charge in [-0.05, 0) is 36.8 Å². The number of hydrogen-bond acceptors (Lipinski definition) is 4. The number of benzene rings is 2. The van der Waals surface area contributed by atoms with Crippen LogP contribution in [0, 0.1) is 0 Å². The van der Waals surface area contributed by atoms with Gasteiger partial charge in [0, 0.05) is 6.54 Å². The molecule has 0 saturated carbocycles. The van der Waals surface area contributed by atoms with Gasteiger partial charge in [0.05, 0.1) is 23.3 Å². The Morgan fingerprint density at radius 2 is 1.80 bits per heavy atom. The molecule has 0 aliphatic heterocycles. The van der Waals surface area contributed by atoms with Crippen molar-refractivity contribution in [1.29, 1.82) is 0 Å². The lowest BCUT2D eigenvalue weighted by molar-refractivity contribution is -0.121. The Morgan fingerprint density at radius 1 is 1.03 bits per heavy atom. The number of nitrogens with zero attached hydrogens (tertiary/aromatic N) is 2. The summed E-state index contributed by atoms with van der Waals surface area (Å²) in [5.74, 6) is 0.364. The van der Waals surface area contributed by atoms with Gasteiger partial charge in [-0.2, -0.15) is 0 Å². The van der Waals surface area contributed by atoms with Crippen LogP contribution in [0.1, 0.15) is 34.9 Å². The summed E-state index contributed by atoms with van der Waals surface area (Å²) in [5.41, 5.74) is 2.63. The molecule has 152 valence electrons. The topological polar surface area (TPSA) is 89.2 Å². The monoisotopic (exact) mass is 402 g/mol. The van der Waals surface area contributed by atoms with Crippen molar-refractivity contribution < 1.29 is 14.0 Å². The van der Waals surface area contributed by atoms with E-state index in [0.717, 1.165) is 16.6 Å². The van der Waals surface area contributed by atoms with E-state index in [4.69, 9.17) is 4.42 Å². The zero-order valence-electron chi connectivity index (χ0n) is 16.5. The van der Waals surface area contributed by atoms with Crippen molar-refractivity contribution in [2.45, 2.75) is 26.1 Å². The van der Waals surface area contributed by atoms with E-state index in [1.54, 1.807) is 12.1 Å². The van der Waals surface area contributed by atoms with Crippen molar-refractivity contribution >= 4 is 22.8 Å². The van der Waals surface area contributed by atoms with E-state index in [0.29, 0.717) is 12.4 Å². The average Bonchev–Trinajstić information content (AvgIpc) is 3.42. The van der Waals surface area contributed by atoms with Crippen LogP contribution in [-0.2, 0) is 17.9 Å². The number of carbonyl (C=O) groups excluding carboxylic acids is 2. The lowest BCUT2D eigenvalue weighted by atomic mass is 10.2. The molecule has 2 N–H and O–H groups in total. The van der Waals surface area contributed by atoms with Crippen LogP contribution < -0.4 is 10.6 Å². The molecule has 7 nitrogen and oxygen atoms in total. The van der Waals surface area contributed by atoms with Crippen LogP contribution in [0.25, 0.3) is 11.0 Å². The molecule has 0 radical (unpaired) electrons. The summed E-state index contributed by atoms with van der Waals surface area (Å²) in [5, 5.41) is 5.82. The van der Waals surface area contributed by atoms with Gasteiger partial charge in [0.2, 0.25) is 5.91 Å². The van der Waals surface area contributed by atoms with Crippen molar-refractivity contribution in [3.8, 4) is 0 Å². The van der Waals surface area contributed by atoms with E-state index in [1.807, 2.05) is 66.1 Å². The largest absolute Gasteiger partial charge is 0.459 e. The number of rotatable bonds is 7. The molecule has 2 heterocycles. The highest BCUT2D eigenvalue weighted by Gasteiger charge is 2.21. The quantitative estimate of drug-likeness (QED) is 0.496. The maximum absolute atomic E-state index is 12.6. The van der Waals surface area contributed by atoms with Gasteiger partial charge in [-0.1, -0.05) is 42.5 Å². The second-order valence-corrected chi connectivity index (χ2v) is 6.98. The molecule has 1 unspecified atom stereocenters. The molecule has 0 fully saturated rings. The SMILES string of the molecule is CC(NC(=O)c1ccco1)c1nc2ccccc2n1CC(=O)NCc1ccccc1. The summed E-state index contributed by atoms with van der Waals surface area (Å²) in [6.07, 6.45) is 1.45. The molecule has 0 saturated heterocycles. The maximum Gasteiger partial charge on any atom is 0.287 e. The van der Waals surface area contributed by atoms with Crippen LogP contribution >= 0.6 is 0 Å². The highest BCUT2D eigenvalue weighted by atomic mass is 16.3. The fourth-order valence-electron chi connectivity index (χ4n) is 3.33. The molecule has 0 bridgehead atoms. The normalized spacial score (nSPS) is 11.9. The fraction of sp³-hybridized carbons (Fsp3) is 0.174. The number of nitrogens with one attached hydrogen (secondary N) is 2. The van der Waals surface area contributed by atoms with Crippen molar-refractivity contribution in [1.82, 2.24) is 20.2 Å². The average molecular weight is 402 g/mol. The number of furan rings is 1. The minimum atomic E-state index is -0.420. The van der Waals surface area contributed by atoms with Gasteiger partial charge in [0.25, 0.3) is 5.91 Å². The first kappa shape index (κ1) is 19.4. The number of aromatic nitrogens is 2. The van der Waals surface area contributed by atoms with Gasteiger partial charge < -0.3 is 19.6 Å². The highest BCUT2D eigenvalue weighted by Crippen LogP contribution is 2.21. The summed E-state index contributed by atoms with van der Waals surface area (Å²) in [7, 11) is 0. The summed E-state index contributed by atoms with van der Waals surface area (Å²) >= 11 is 0. The molecule has 2 aromatic carbocycles. The van der Waals surface area contributed by atoms with E-state index in [9.17, 15) is 9.59 Å². The zero-order valence-corrected chi connectivity index (χ0v) is 16.5. The van der Waals surface area contributed by atoms with E-state index < -0.39 is 6.04 Å². The molecule has 2 amide bonds. The number of imidazole rings is 1. The lowest BCUT2D eigenvalue weighted by Gasteiger charge is -2.16. The number of amides is 2. The standard InChI is InChI=1S/C23H22N4O3/c1-16(25-23(29)20-12-7-13-30-20)22-26-18-10-5-6-11-19(18)27(22)15-21(28)24-14-17-8-3-2-4-9-17/h2-13,16H,14-15H2,1H3,(H,24,28)(H,25,29). The Morgan fingerprint density at radius 3 is 2.57 bits per heavy atom. The van der Waals surface area contributed by atoms with Crippen molar-refractivity contribution in [2.24, 2.45) is 0 Å². The first-order chi connectivity index (χ1) is 14.6. The van der Waals surface area contributed by atoms with E-state index in [-0.39, 0.29) is 24.1 Å². The fourth-order valence-corrected chi connectivity index (χ4v) is 3.33. The smallest absolute Gasteiger partial charge is 0.287 e. The Labute approximate surface area is 173 Å². The molecule has 4 aromatic rings. The van der Waals surface area contributed by atoms with Crippen molar-refractivity contribution in [3.05, 3.63) is 90.1 Å². The Bertz CT molecular complexity index is 1150. The Kier molecular flexibility index (Phi) is 5.61. The van der Waals surface area contributed by atoms with Crippen LogP contribution in [0.15, 0.2) is 77.4 Å². The van der Waals surface area contributed by atoms with Crippen LogP contribution in [0.5, 0.6) is 0 Å². The third-order valence-corrected chi connectivity index (χ3v) is 4.80. The van der Waals surface area contributed by atoms with Crippen LogP contribution in [0.3, 0.4) is 0 Å². The maximum atomic E-state index is 12.6. The van der Waals surface area contributed by atoms with Crippen LogP contribution in [0.2, 0.25) is 0 Å². The van der Waals surface area contributed by atoms with E-state index in [1.165, 1.54) is 6.26 Å². The third kappa shape index (κ3) is 4.25. The highest BCUT2D eigenvalue weighted by molar-refractivity contribution is 5.91. The summed E-state index contributed by atoms with van der Waals surface area (Å²) in [6.45, 7) is 2.39. The third-order valence-electron chi connectivity index (χ3n) is 4.80. The molecule has 0 aliphatic rings. The molecule has 30 heavy (non-hydrogen) atoms. The zero-order chi connectivity index (χ0) is 20.9. The van der Waals surface area contributed by atoms with E-state index in [2.05, 4.69) is 15.6 Å². The second-order valence-electron chi connectivity index (χ2n) is 6.98. The van der Waals surface area contributed by atoms with Gasteiger partial charge in [0.1, 0.15) is 12.4 Å². The first-order valence-corrected chi connectivity index (χ1v) is 9.72. The number of para-hydroxylation sites is 2. The molecular formula is C23H22N4O3. The molecule has 7 heteroatoms. The molecular weight excluding hydrogens is 380 g/mol. The summed E-state index contributed by atoms with van der Waals surface area (Å²) in [6, 6.07) is 20.2. The predicted octanol–water partition coefficient (Wildman–Crippen LogP) is 3.44. The van der Waals surface area contributed by atoms with Gasteiger partial charge in [-0.3, -0.25) is 9.59 Å². The number of hydrogen-bond donors (Lipinski definition) is 2. The Hall–Kier alpha value is -3.87. The summed E-state index contributed by atoms with van der Waals surface area (Å²) in [4.78, 5) is 29.7. The van der Waals surface area contributed by atoms with Gasteiger partial charge in [-0.15, -0.1) is 0 Å². The van der Waals surface area contributed by atoms with Crippen molar-refractivity contribution in [2.75, 3.05) is 0 Å². The van der Waals surface area contributed by atoms with Gasteiger partial charge >= 0.3 is 0 Å². The molecule has 1 atom stereocenters. The van der Waals surface area contributed by atoms with Crippen LogP contribution in [0.4, 0.5) is 0 Å². The minimum Gasteiger partial charge on any atom is -0.459 e. The molecule has 0 spiro atoms. The molecule has 2 aromatic heterocycles. The van der Waals surface area contributed by atoms with Gasteiger partial charge in [0.15, 0.2) is 5.76 Å². The van der Waals surface area contributed by atoms with Gasteiger partial charge in [-0.25, -0.2) is 4.98 Å². The van der Waals surface area contributed by atoms with E-state index >= 15 is 0 Å². The summed E-state index contributed by atoms with van der Waals surface area (Å²) < 4.78 is 6.99. The molecule has 0 aliphatic carbocycles. The number of fused-ring (bicyclic) bond motifs is 1. The first-order valence-electron chi connectivity index (χ1n) is 9.72. The molecule has 4 rings (SSSR count). The van der Waals surface area contributed by atoms with Crippen molar-refractivity contribution in [3.63, 3.8) is 0 Å². The predicted molar refractivity (Wildman–Crippen MR) is 113 cm³/mol. The Balaban J connectivity index is 1.54. The number of carbonyl (C=O) groups is 2. The second kappa shape index (κ2) is 8.65. The lowest BCUT2D eigenvalue weighted by Crippen LogP contribution is -2.31. The minimum absolute atomic E-state index is 0.101. The van der Waals surface area contributed by atoms with Crippen LogP contribution in [-0.4, -0.2) is 21.4 Å².